The van der Waals surface area contributed by atoms with Gasteiger partial charge in [0, 0.05) is 6.04 Å². The van der Waals surface area contributed by atoms with E-state index in [-0.39, 0.29) is 0 Å². The lowest BCUT2D eigenvalue weighted by atomic mass is 9.79. The highest BCUT2D eigenvalue weighted by Gasteiger charge is 2.26. The minimum absolute atomic E-state index is 0.570. The van der Waals surface area contributed by atoms with Crippen molar-refractivity contribution in [2.45, 2.75) is 51.0 Å². The quantitative estimate of drug-likeness (QED) is 0.811. The van der Waals surface area contributed by atoms with E-state index < -0.39 is 0 Å². The molecule has 0 radical (unpaired) electrons. The van der Waals surface area contributed by atoms with Crippen LogP contribution < -0.4 is 5.32 Å². The minimum atomic E-state index is 0.570. The second kappa shape index (κ2) is 7.00. The van der Waals surface area contributed by atoms with Crippen LogP contribution in [0.3, 0.4) is 0 Å². The van der Waals surface area contributed by atoms with E-state index in [4.69, 9.17) is 0 Å². The summed E-state index contributed by atoms with van der Waals surface area (Å²) in [4.78, 5) is 0. The third-order valence-corrected chi connectivity index (χ3v) is 6.11. The molecule has 2 aliphatic rings. The average Bonchev–Trinajstić information content (AvgIpc) is 2.93. The van der Waals surface area contributed by atoms with Crippen molar-refractivity contribution in [1.82, 2.24) is 5.32 Å². The molecular formula is C18H27NS. The van der Waals surface area contributed by atoms with E-state index in [1.165, 1.54) is 49.2 Å². The van der Waals surface area contributed by atoms with Gasteiger partial charge in [0.2, 0.25) is 0 Å². The zero-order chi connectivity index (χ0) is 13.8. The van der Waals surface area contributed by atoms with Crippen molar-refractivity contribution in [3.05, 3.63) is 35.4 Å². The van der Waals surface area contributed by atoms with Crippen LogP contribution in [0.25, 0.3) is 0 Å². The average molecular weight is 289 g/mol. The van der Waals surface area contributed by atoms with E-state index >= 15 is 0 Å². The molecule has 1 saturated heterocycles. The van der Waals surface area contributed by atoms with Crippen molar-refractivity contribution in [1.29, 1.82) is 0 Å². The molecule has 2 atom stereocenters. The first kappa shape index (κ1) is 14.5. The lowest BCUT2D eigenvalue weighted by Crippen LogP contribution is -2.29. The van der Waals surface area contributed by atoms with Gasteiger partial charge in [0.1, 0.15) is 0 Å². The molecule has 1 nitrogen and oxygen atoms in total. The molecule has 2 fully saturated rings. The first-order valence-electron chi connectivity index (χ1n) is 8.29. The Hall–Kier alpha value is -0.470. The van der Waals surface area contributed by atoms with Crippen molar-refractivity contribution in [3.63, 3.8) is 0 Å². The fraction of sp³-hybridized carbons (Fsp3) is 0.667. The predicted molar refractivity (Wildman–Crippen MR) is 89.5 cm³/mol. The van der Waals surface area contributed by atoms with E-state index in [0.717, 1.165) is 18.4 Å². The summed E-state index contributed by atoms with van der Waals surface area (Å²) in [5.74, 6) is 4.34. The SMILES string of the molecule is CCCNC(c1ccc(C2CCC2)cc1)C1CCSC1. The molecule has 0 aromatic heterocycles. The van der Waals surface area contributed by atoms with E-state index in [2.05, 4.69) is 48.3 Å². The normalized spacial score (nSPS) is 24.6. The highest BCUT2D eigenvalue weighted by atomic mass is 32.2. The monoisotopic (exact) mass is 289 g/mol. The zero-order valence-electron chi connectivity index (χ0n) is 12.6. The molecule has 0 amide bonds. The van der Waals surface area contributed by atoms with Crippen molar-refractivity contribution in [2.75, 3.05) is 18.1 Å². The molecule has 2 heteroatoms. The molecular weight excluding hydrogens is 262 g/mol. The molecule has 3 rings (SSSR count). The first-order chi connectivity index (χ1) is 9.88. The second-order valence-electron chi connectivity index (χ2n) is 6.35. The molecule has 2 unspecified atom stereocenters. The maximum atomic E-state index is 3.79. The molecule has 1 aromatic rings. The van der Waals surface area contributed by atoms with Crippen LogP contribution >= 0.6 is 11.8 Å². The Balaban J connectivity index is 1.71. The van der Waals surface area contributed by atoms with Crippen molar-refractivity contribution < 1.29 is 0 Å². The van der Waals surface area contributed by atoms with Crippen molar-refractivity contribution >= 4 is 11.8 Å². The summed E-state index contributed by atoms with van der Waals surface area (Å²) < 4.78 is 0. The molecule has 1 saturated carbocycles. The van der Waals surface area contributed by atoms with Gasteiger partial charge in [-0.15, -0.1) is 0 Å². The third kappa shape index (κ3) is 3.23. The Bertz CT molecular complexity index is 404. The number of benzene rings is 1. The summed E-state index contributed by atoms with van der Waals surface area (Å²) >= 11 is 2.12. The molecule has 0 spiro atoms. The Morgan fingerprint density at radius 2 is 2.00 bits per heavy atom. The molecule has 20 heavy (non-hydrogen) atoms. The van der Waals surface area contributed by atoms with Crippen LogP contribution in [0.4, 0.5) is 0 Å². The molecule has 1 heterocycles. The zero-order valence-corrected chi connectivity index (χ0v) is 13.4. The summed E-state index contributed by atoms with van der Waals surface area (Å²) in [6.45, 7) is 3.39. The van der Waals surface area contributed by atoms with Gasteiger partial charge in [-0.25, -0.2) is 0 Å². The van der Waals surface area contributed by atoms with Gasteiger partial charge >= 0.3 is 0 Å². The fourth-order valence-electron chi connectivity index (χ4n) is 3.39. The van der Waals surface area contributed by atoms with Gasteiger partial charge in [0.05, 0.1) is 0 Å². The Kier molecular flexibility index (Phi) is 5.06. The maximum absolute atomic E-state index is 3.79. The van der Waals surface area contributed by atoms with Crippen molar-refractivity contribution in [3.8, 4) is 0 Å². The number of hydrogen-bond donors (Lipinski definition) is 1. The summed E-state index contributed by atoms with van der Waals surface area (Å²) in [6.07, 6.45) is 6.81. The van der Waals surface area contributed by atoms with Crippen LogP contribution in [0.5, 0.6) is 0 Å². The van der Waals surface area contributed by atoms with Gasteiger partial charge < -0.3 is 5.32 Å². The van der Waals surface area contributed by atoms with Crippen LogP contribution in [0.1, 0.15) is 62.1 Å². The summed E-state index contributed by atoms with van der Waals surface area (Å²) in [7, 11) is 0. The van der Waals surface area contributed by atoms with Crippen LogP contribution in [0.2, 0.25) is 0 Å². The van der Waals surface area contributed by atoms with Gasteiger partial charge in [-0.1, -0.05) is 37.6 Å². The maximum Gasteiger partial charge on any atom is 0.0356 e. The van der Waals surface area contributed by atoms with E-state index in [1.54, 1.807) is 5.56 Å². The summed E-state index contributed by atoms with van der Waals surface area (Å²) in [6, 6.07) is 10.1. The molecule has 1 N–H and O–H groups in total. The number of nitrogens with one attached hydrogen (secondary N) is 1. The van der Waals surface area contributed by atoms with Gasteiger partial charge in [-0.05, 0) is 66.7 Å². The highest BCUT2D eigenvalue weighted by molar-refractivity contribution is 7.99. The second-order valence-corrected chi connectivity index (χ2v) is 7.50. The van der Waals surface area contributed by atoms with Gasteiger partial charge in [-0.3, -0.25) is 0 Å². The Labute approximate surface area is 127 Å². The van der Waals surface area contributed by atoms with Gasteiger partial charge in [0.25, 0.3) is 0 Å². The smallest absolute Gasteiger partial charge is 0.0356 e. The van der Waals surface area contributed by atoms with Crippen LogP contribution in [0, 0.1) is 5.92 Å². The summed E-state index contributed by atoms with van der Waals surface area (Å²) in [5, 5.41) is 3.79. The molecule has 1 aliphatic carbocycles. The minimum Gasteiger partial charge on any atom is -0.310 e. The van der Waals surface area contributed by atoms with Crippen LogP contribution in [0.15, 0.2) is 24.3 Å². The van der Waals surface area contributed by atoms with Gasteiger partial charge in [0.15, 0.2) is 0 Å². The van der Waals surface area contributed by atoms with E-state index in [1.807, 2.05) is 0 Å². The number of rotatable bonds is 6. The topological polar surface area (TPSA) is 12.0 Å². The molecule has 1 aromatic carbocycles. The predicted octanol–water partition coefficient (Wildman–Crippen LogP) is 4.75. The van der Waals surface area contributed by atoms with Crippen LogP contribution in [-0.4, -0.2) is 18.1 Å². The highest BCUT2D eigenvalue weighted by Crippen LogP contribution is 2.38. The largest absolute Gasteiger partial charge is 0.310 e. The van der Waals surface area contributed by atoms with Gasteiger partial charge in [-0.2, -0.15) is 11.8 Å². The molecule has 1 aliphatic heterocycles. The van der Waals surface area contributed by atoms with E-state index in [0.29, 0.717) is 6.04 Å². The Morgan fingerprint density at radius 1 is 1.20 bits per heavy atom. The lowest BCUT2D eigenvalue weighted by Gasteiger charge is -2.28. The van der Waals surface area contributed by atoms with Crippen LogP contribution in [-0.2, 0) is 0 Å². The van der Waals surface area contributed by atoms with E-state index in [9.17, 15) is 0 Å². The number of hydrogen-bond acceptors (Lipinski definition) is 2. The Morgan fingerprint density at radius 3 is 2.55 bits per heavy atom. The lowest BCUT2D eigenvalue weighted by molar-refractivity contribution is 0.392. The number of thioether (sulfide) groups is 1. The third-order valence-electron chi connectivity index (χ3n) is 4.92. The van der Waals surface area contributed by atoms with Crippen molar-refractivity contribution in [2.24, 2.45) is 5.92 Å². The first-order valence-corrected chi connectivity index (χ1v) is 9.45. The standard InChI is InChI=1S/C18H27NS/c1-2-11-19-18(17-10-12-20-13-17)16-8-6-15(7-9-16)14-4-3-5-14/h6-9,14,17-19H,2-5,10-13H2,1H3. The fourth-order valence-corrected chi connectivity index (χ4v) is 4.69. The molecule has 0 bridgehead atoms. The molecule has 110 valence electrons. The summed E-state index contributed by atoms with van der Waals surface area (Å²) in [5.41, 5.74) is 3.07.